The van der Waals surface area contributed by atoms with Crippen molar-refractivity contribution in [3.05, 3.63) is 29.3 Å². The molecule has 0 atom stereocenters. The molecule has 0 amide bonds. The molecule has 0 radical (unpaired) electrons. The molecule has 3 saturated carbocycles. The maximum absolute atomic E-state index is 13.9. The minimum atomic E-state index is -0.620. The van der Waals surface area contributed by atoms with Gasteiger partial charge in [0.1, 0.15) is 6.17 Å². The van der Waals surface area contributed by atoms with Crippen molar-refractivity contribution in [2.45, 2.75) is 108 Å². The zero-order valence-corrected chi connectivity index (χ0v) is 21.9. The fourth-order valence-electron chi connectivity index (χ4n) is 6.81. The van der Waals surface area contributed by atoms with Gasteiger partial charge in [0.15, 0.2) is 17.4 Å². The first-order valence-corrected chi connectivity index (χ1v) is 14.2. The van der Waals surface area contributed by atoms with Gasteiger partial charge >= 0.3 is 0 Å². The maximum atomic E-state index is 13.9. The van der Waals surface area contributed by atoms with Crippen molar-refractivity contribution in [3.63, 3.8) is 0 Å². The average molecular weight is 517 g/mol. The lowest BCUT2D eigenvalue weighted by molar-refractivity contribution is 0.138. The predicted octanol–water partition coefficient (Wildman–Crippen LogP) is 9.68. The normalized spacial score (nSPS) is 30.8. The summed E-state index contributed by atoms with van der Waals surface area (Å²) in [5.41, 5.74) is 0.742. The van der Waals surface area contributed by atoms with E-state index in [1.165, 1.54) is 44.9 Å². The van der Waals surface area contributed by atoms with E-state index in [0.717, 1.165) is 69.3 Å². The van der Waals surface area contributed by atoms with E-state index in [1.807, 2.05) is 0 Å². The van der Waals surface area contributed by atoms with E-state index in [0.29, 0.717) is 30.6 Å². The van der Waals surface area contributed by atoms with Crippen LogP contribution < -0.4 is 4.74 Å². The lowest BCUT2D eigenvalue weighted by Gasteiger charge is -2.36. The quantitative estimate of drug-likeness (QED) is 0.313. The molecule has 0 bridgehead atoms. The Hall–Kier alpha value is -1.33. The molecule has 1 aromatic rings. The van der Waals surface area contributed by atoms with Crippen LogP contribution in [0.25, 0.3) is 0 Å². The minimum absolute atomic E-state index is 0.167. The largest absolute Gasteiger partial charge is 0.491 e. The van der Waals surface area contributed by atoms with Crippen molar-refractivity contribution >= 4 is 0 Å². The first kappa shape index (κ1) is 29.2. The fourth-order valence-corrected chi connectivity index (χ4v) is 6.81. The Morgan fingerprint density at radius 2 is 1.19 bits per heavy atom. The van der Waals surface area contributed by atoms with Crippen LogP contribution in [0.15, 0.2) is 12.1 Å². The summed E-state index contributed by atoms with van der Waals surface area (Å²) in [5, 5.41) is 0. The number of ether oxygens (including phenoxy) is 1. The summed E-state index contributed by atoms with van der Waals surface area (Å²) >= 11 is 0. The maximum Gasteiger partial charge on any atom is 0.190 e. The van der Waals surface area contributed by atoms with E-state index in [1.54, 1.807) is 0 Å². The van der Waals surface area contributed by atoms with Gasteiger partial charge in [-0.25, -0.2) is 13.2 Å². The third-order valence-electron chi connectivity index (χ3n) is 9.07. The highest BCUT2D eigenvalue weighted by atomic mass is 19.1. The first-order valence-electron chi connectivity index (χ1n) is 14.2. The lowest BCUT2D eigenvalue weighted by Crippen LogP contribution is -2.25. The molecule has 6 heteroatoms. The van der Waals surface area contributed by atoms with Gasteiger partial charge in [0.05, 0.1) is 20.5 Å². The van der Waals surface area contributed by atoms with E-state index in [-0.39, 0.29) is 25.0 Å². The second kappa shape index (κ2) is 15.2. The molecule has 3 aliphatic carbocycles. The number of hydrogen-bond acceptors (Lipinski definition) is 1. The van der Waals surface area contributed by atoms with Gasteiger partial charge in [-0.05, 0) is 118 Å². The summed E-state index contributed by atoms with van der Waals surface area (Å²) in [6.07, 6.45) is 14.2. The van der Waals surface area contributed by atoms with Crippen LogP contribution in [0, 0.1) is 35.3 Å². The molecule has 36 heavy (non-hydrogen) atoms. The lowest BCUT2D eigenvalue weighted by atomic mass is 9.69. The molecule has 1 nitrogen and oxygen atoms in total. The molecule has 0 aliphatic heterocycles. The molecular weight excluding hydrogens is 471 g/mol. The molecule has 3 fully saturated rings. The summed E-state index contributed by atoms with van der Waals surface area (Å²) in [4.78, 5) is 0. The van der Waals surface area contributed by atoms with Crippen molar-refractivity contribution < 1.29 is 26.7 Å². The van der Waals surface area contributed by atoms with Crippen LogP contribution in [0.3, 0.4) is 0 Å². The minimum Gasteiger partial charge on any atom is -0.491 e. The molecule has 0 unspecified atom stereocenters. The van der Waals surface area contributed by atoms with E-state index in [4.69, 9.17) is 4.74 Å². The Labute approximate surface area is 214 Å². The van der Waals surface area contributed by atoms with Crippen molar-refractivity contribution in [3.8, 4) is 5.75 Å². The van der Waals surface area contributed by atoms with Crippen LogP contribution in [0.1, 0.15) is 108 Å². The van der Waals surface area contributed by atoms with E-state index < -0.39 is 17.8 Å². The molecule has 0 spiro atoms. The molecule has 206 valence electrons. The SMILES string of the molecule is COc1c(F)cc(C2CCC(C3CCC(F)CC3)CC2)cc1F.FCCCC1CCC(CCF)CC1. The summed E-state index contributed by atoms with van der Waals surface area (Å²) in [6.45, 7) is -0.343. The van der Waals surface area contributed by atoms with Gasteiger partial charge in [-0.3, -0.25) is 8.78 Å². The van der Waals surface area contributed by atoms with E-state index in [2.05, 4.69) is 0 Å². The van der Waals surface area contributed by atoms with Crippen LogP contribution in [0.4, 0.5) is 22.0 Å². The number of alkyl halides is 3. The highest BCUT2D eigenvalue weighted by Crippen LogP contribution is 2.44. The topological polar surface area (TPSA) is 9.23 Å². The Morgan fingerprint density at radius 3 is 1.67 bits per heavy atom. The number of methoxy groups -OCH3 is 1. The van der Waals surface area contributed by atoms with Crippen molar-refractivity contribution in [2.24, 2.45) is 23.7 Å². The van der Waals surface area contributed by atoms with Gasteiger partial charge in [0, 0.05) is 0 Å². The average Bonchev–Trinajstić information content (AvgIpc) is 2.89. The van der Waals surface area contributed by atoms with Gasteiger partial charge in [0.25, 0.3) is 0 Å². The fraction of sp³-hybridized carbons (Fsp3) is 0.800. The van der Waals surface area contributed by atoms with Crippen molar-refractivity contribution in [1.29, 1.82) is 0 Å². The molecule has 0 N–H and O–H groups in total. The van der Waals surface area contributed by atoms with Crippen LogP contribution in [-0.2, 0) is 0 Å². The van der Waals surface area contributed by atoms with Gasteiger partial charge in [-0.15, -0.1) is 0 Å². The summed E-state index contributed by atoms with van der Waals surface area (Å²) in [7, 11) is 1.28. The van der Waals surface area contributed by atoms with Gasteiger partial charge in [-0.2, -0.15) is 0 Å². The number of halogens is 5. The highest BCUT2D eigenvalue weighted by Gasteiger charge is 2.31. The van der Waals surface area contributed by atoms with Crippen molar-refractivity contribution in [1.82, 2.24) is 0 Å². The molecule has 4 rings (SSSR count). The van der Waals surface area contributed by atoms with Crippen molar-refractivity contribution in [2.75, 3.05) is 20.5 Å². The first-order chi connectivity index (χ1) is 17.4. The van der Waals surface area contributed by atoms with Crippen LogP contribution in [0.2, 0.25) is 0 Å². The summed E-state index contributed by atoms with van der Waals surface area (Å²) in [6, 6.07) is 2.84. The smallest absolute Gasteiger partial charge is 0.190 e. The summed E-state index contributed by atoms with van der Waals surface area (Å²) < 4.78 is 69.7. The van der Waals surface area contributed by atoms with E-state index >= 15 is 0 Å². The van der Waals surface area contributed by atoms with Gasteiger partial charge in [0.2, 0.25) is 0 Å². The number of benzene rings is 1. The Balaban J connectivity index is 0.000000236. The van der Waals surface area contributed by atoms with Crippen LogP contribution in [-0.4, -0.2) is 26.6 Å². The molecule has 0 aromatic heterocycles. The summed E-state index contributed by atoms with van der Waals surface area (Å²) in [5.74, 6) is 1.33. The third kappa shape index (κ3) is 8.62. The second-order valence-electron chi connectivity index (χ2n) is 11.3. The standard InChI is InChI=1S/C19H25F3O.C11H20F2/c1-23-19-17(21)10-15(11-18(19)22)14-4-2-12(3-5-14)13-6-8-16(20)9-7-13;12-8-1-2-10-3-5-11(6-4-10)7-9-13/h10-14,16H,2-9H2,1H3;10-11H,1-9H2. The van der Waals surface area contributed by atoms with E-state index in [9.17, 15) is 22.0 Å². The predicted molar refractivity (Wildman–Crippen MR) is 136 cm³/mol. The molecular formula is C30H45F5O. The zero-order chi connectivity index (χ0) is 25.9. The molecule has 0 heterocycles. The Bertz CT molecular complexity index is 725. The third-order valence-corrected chi connectivity index (χ3v) is 9.07. The molecule has 1 aromatic carbocycles. The van der Waals surface area contributed by atoms with Crippen LogP contribution in [0.5, 0.6) is 5.75 Å². The van der Waals surface area contributed by atoms with Gasteiger partial charge in [-0.1, -0.05) is 25.7 Å². The van der Waals surface area contributed by atoms with Gasteiger partial charge < -0.3 is 4.74 Å². The zero-order valence-electron chi connectivity index (χ0n) is 21.9. The molecule has 3 aliphatic rings. The Morgan fingerprint density at radius 1 is 0.694 bits per heavy atom. The highest BCUT2D eigenvalue weighted by molar-refractivity contribution is 5.33. The monoisotopic (exact) mass is 516 g/mol. The second-order valence-corrected chi connectivity index (χ2v) is 11.3. The number of hydrogen-bond donors (Lipinski definition) is 0. The van der Waals surface area contributed by atoms with Crippen LogP contribution >= 0.6 is 0 Å². The molecule has 0 saturated heterocycles. The Kier molecular flexibility index (Phi) is 12.3. The number of rotatable bonds is 8.